The van der Waals surface area contributed by atoms with Crippen molar-refractivity contribution in [3.8, 4) is 0 Å². The van der Waals surface area contributed by atoms with E-state index in [9.17, 15) is 19.2 Å². The van der Waals surface area contributed by atoms with Crippen molar-refractivity contribution in [2.75, 3.05) is 5.32 Å². The third kappa shape index (κ3) is 9.09. The molecule has 0 aliphatic heterocycles. The molecule has 42 heavy (non-hydrogen) atoms. The first-order valence-corrected chi connectivity index (χ1v) is 12.7. The largest absolute Gasteiger partial charge is 0.446 e. The van der Waals surface area contributed by atoms with E-state index in [2.05, 4.69) is 20.9 Å². The number of nitrogens with zero attached hydrogens (tertiary/aromatic N) is 1. The van der Waals surface area contributed by atoms with Crippen LogP contribution in [0.5, 0.6) is 0 Å². The Balaban J connectivity index is 1.20. The number of nitrogens with one attached hydrogen (secondary N) is 3. The fraction of sp³-hybridized carbons (Fsp3) is 0.100. The second kappa shape index (κ2) is 14.5. The van der Waals surface area contributed by atoms with Gasteiger partial charge in [0.2, 0.25) is 5.96 Å². The van der Waals surface area contributed by atoms with E-state index < -0.39 is 30.0 Å². The second-order valence-corrected chi connectivity index (χ2v) is 8.72. The maximum Gasteiger partial charge on any atom is 0.437 e. The molecule has 0 aliphatic rings. The van der Waals surface area contributed by atoms with E-state index in [1.165, 1.54) is 12.1 Å². The summed E-state index contributed by atoms with van der Waals surface area (Å²) in [5.74, 6) is -2.20. The quantitative estimate of drug-likeness (QED) is 0.170. The van der Waals surface area contributed by atoms with E-state index in [0.717, 1.165) is 16.7 Å². The Hall–Kier alpha value is -5.91. The lowest BCUT2D eigenvalue weighted by molar-refractivity contribution is 0.0908. The molecule has 12 heteroatoms. The van der Waals surface area contributed by atoms with Gasteiger partial charge in [-0.05, 0) is 41.0 Å². The lowest BCUT2D eigenvalue weighted by Crippen LogP contribution is -2.37. The van der Waals surface area contributed by atoms with Crippen LogP contribution in [0.1, 0.15) is 37.8 Å². The Morgan fingerprint density at radius 2 is 1.26 bits per heavy atom. The van der Waals surface area contributed by atoms with Crippen molar-refractivity contribution in [1.29, 1.82) is 0 Å². The van der Waals surface area contributed by atoms with Crippen molar-refractivity contribution in [2.45, 2.75) is 19.8 Å². The number of carbonyl (C=O) groups excluding carboxylic acids is 4. The number of hydrogen-bond donors (Lipinski definition) is 4. The van der Waals surface area contributed by atoms with Gasteiger partial charge in [0.05, 0.1) is 0 Å². The van der Waals surface area contributed by atoms with Crippen LogP contribution in [0.4, 0.5) is 15.3 Å². The van der Waals surface area contributed by atoms with Gasteiger partial charge in [0.1, 0.15) is 13.2 Å². The normalized spacial score (nSPS) is 10.8. The minimum absolute atomic E-state index is 0.00802. The zero-order valence-electron chi connectivity index (χ0n) is 22.2. The molecular weight excluding hydrogens is 542 g/mol. The van der Waals surface area contributed by atoms with Gasteiger partial charge >= 0.3 is 12.2 Å². The maximum atomic E-state index is 12.5. The molecule has 0 spiro atoms. The summed E-state index contributed by atoms with van der Waals surface area (Å²) in [5, 5.41) is 7.50. The number of aliphatic imine (C=N–C) groups is 1. The van der Waals surface area contributed by atoms with E-state index in [-0.39, 0.29) is 31.3 Å². The molecule has 0 saturated carbocycles. The van der Waals surface area contributed by atoms with Crippen molar-refractivity contribution >= 4 is 35.6 Å². The highest BCUT2D eigenvalue weighted by atomic mass is 16.6. The minimum atomic E-state index is -0.983. The molecule has 0 atom stereocenters. The fourth-order valence-electron chi connectivity index (χ4n) is 3.49. The number of amides is 4. The smallest absolute Gasteiger partial charge is 0.437 e. The summed E-state index contributed by atoms with van der Waals surface area (Å²) < 4.78 is 15.5. The van der Waals surface area contributed by atoms with Crippen LogP contribution in [-0.4, -0.2) is 30.0 Å². The second-order valence-electron chi connectivity index (χ2n) is 8.72. The van der Waals surface area contributed by atoms with Crippen LogP contribution >= 0.6 is 0 Å². The average Bonchev–Trinajstić information content (AvgIpc) is 3.50. The number of anilines is 1. The highest BCUT2D eigenvalue weighted by Crippen LogP contribution is 2.12. The molecule has 5 N–H and O–H groups in total. The summed E-state index contributed by atoms with van der Waals surface area (Å²) in [6.45, 7) is 0.300. The highest BCUT2D eigenvalue weighted by molar-refractivity contribution is 6.06. The molecule has 0 unspecified atom stereocenters. The first-order valence-electron chi connectivity index (χ1n) is 12.7. The molecule has 3 aromatic carbocycles. The summed E-state index contributed by atoms with van der Waals surface area (Å²) >= 11 is 0. The van der Waals surface area contributed by atoms with Gasteiger partial charge in [0.15, 0.2) is 11.5 Å². The van der Waals surface area contributed by atoms with Gasteiger partial charge in [-0.2, -0.15) is 0 Å². The van der Waals surface area contributed by atoms with Gasteiger partial charge in [-0.15, -0.1) is 4.99 Å². The zero-order valence-corrected chi connectivity index (χ0v) is 22.2. The van der Waals surface area contributed by atoms with Gasteiger partial charge in [0.25, 0.3) is 11.8 Å². The molecule has 0 aliphatic carbocycles. The molecular formula is C30H27N5O7. The molecule has 0 fully saturated rings. The van der Waals surface area contributed by atoms with Crippen LogP contribution in [0.15, 0.2) is 106 Å². The van der Waals surface area contributed by atoms with Crippen molar-refractivity contribution < 1.29 is 33.1 Å². The highest BCUT2D eigenvalue weighted by Gasteiger charge is 2.17. The Bertz CT molecular complexity index is 1550. The Morgan fingerprint density at radius 3 is 1.88 bits per heavy atom. The molecule has 4 amide bonds. The van der Waals surface area contributed by atoms with E-state index in [4.69, 9.17) is 19.6 Å². The minimum Gasteiger partial charge on any atom is -0.446 e. The SMILES string of the molecule is N/C(=N\C(=O)OCc1ccccc1)NC(=O)c1ccc(C(=O)NCc2ccc(NC(=O)OCc3ccccc3)cc2)o1. The van der Waals surface area contributed by atoms with Crippen molar-refractivity contribution in [3.63, 3.8) is 0 Å². The first kappa shape index (κ1) is 29.1. The molecule has 4 aromatic rings. The number of benzene rings is 3. The Labute approximate surface area is 240 Å². The third-order valence-corrected chi connectivity index (χ3v) is 5.58. The van der Waals surface area contributed by atoms with E-state index in [1.807, 2.05) is 36.4 Å². The van der Waals surface area contributed by atoms with Gasteiger partial charge in [-0.3, -0.25) is 20.2 Å². The molecule has 12 nitrogen and oxygen atoms in total. The summed E-state index contributed by atoms with van der Waals surface area (Å²) in [6, 6.07) is 27.7. The van der Waals surface area contributed by atoms with Crippen molar-refractivity contribution in [2.24, 2.45) is 10.7 Å². The average molecular weight is 570 g/mol. The van der Waals surface area contributed by atoms with E-state index in [0.29, 0.717) is 5.69 Å². The molecule has 0 radical (unpaired) electrons. The summed E-state index contributed by atoms with van der Waals surface area (Å²) in [7, 11) is 0. The molecule has 4 rings (SSSR count). The van der Waals surface area contributed by atoms with E-state index in [1.54, 1.807) is 48.5 Å². The van der Waals surface area contributed by atoms with E-state index >= 15 is 0 Å². The number of rotatable bonds is 9. The summed E-state index contributed by atoms with van der Waals surface area (Å²) in [4.78, 5) is 52.2. The van der Waals surface area contributed by atoms with Crippen molar-refractivity contribution in [1.82, 2.24) is 10.6 Å². The summed E-state index contributed by atoms with van der Waals surface area (Å²) in [6.07, 6.45) is -1.57. The topological polar surface area (TPSA) is 174 Å². The third-order valence-electron chi connectivity index (χ3n) is 5.58. The monoisotopic (exact) mass is 569 g/mol. The predicted octanol–water partition coefficient (Wildman–Crippen LogP) is 4.34. The van der Waals surface area contributed by atoms with Crippen LogP contribution in [0, 0.1) is 0 Å². The van der Waals surface area contributed by atoms with Crippen LogP contribution in [0.3, 0.4) is 0 Å². The first-order chi connectivity index (χ1) is 20.4. The zero-order chi connectivity index (χ0) is 29.7. The van der Waals surface area contributed by atoms with Crippen LogP contribution in [0.25, 0.3) is 0 Å². The number of nitrogens with two attached hydrogens (primary N) is 1. The molecule has 1 aromatic heterocycles. The predicted molar refractivity (Wildman–Crippen MR) is 152 cm³/mol. The number of carbonyl (C=O) groups is 4. The van der Waals surface area contributed by atoms with Gasteiger partial charge in [-0.25, -0.2) is 9.59 Å². The van der Waals surface area contributed by atoms with Crippen molar-refractivity contribution in [3.05, 3.63) is 125 Å². The Morgan fingerprint density at radius 1 is 0.690 bits per heavy atom. The van der Waals surface area contributed by atoms with Crippen LogP contribution in [0.2, 0.25) is 0 Å². The number of ether oxygens (including phenoxy) is 2. The lowest BCUT2D eigenvalue weighted by Gasteiger charge is -2.08. The molecule has 0 saturated heterocycles. The number of furan rings is 1. The number of hydrogen-bond acceptors (Lipinski definition) is 7. The maximum absolute atomic E-state index is 12.5. The Kier molecular flexibility index (Phi) is 10.0. The van der Waals surface area contributed by atoms with Gasteiger partial charge in [-0.1, -0.05) is 72.8 Å². The summed E-state index contributed by atoms with van der Waals surface area (Å²) in [5.41, 5.74) is 8.51. The molecule has 0 bridgehead atoms. The van der Waals surface area contributed by atoms with Crippen LogP contribution in [-0.2, 0) is 29.2 Å². The fourth-order valence-corrected chi connectivity index (χ4v) is 3.49. The molecule has 1 heterocycles. The van der Waals surface area contributed by atoms with Crippen LogP contribution < -0.4 is 21.7 Å². The lowest BCUT2D eigenvalue weighted by atomic mass is 10.2. The van der Waals surface area contributed by atoms with Gasteiger partial charge in [0, 0.05) is 12.2 Å². The van der Waals surface area contributed by atoms with Gasteiger partial charge < -0.3 is 24.9 Å². The standard InChI is InChI=1S/C30H27N5O7/c31-28(35-30(39)41-19-22-9-5-2-6-10-22)34-27(37)25-16-15-24(42-25)26(36)32-17-20-11-13-23(14-12-20)33-29(38)40-18-21-7-3-1-4-8-21/h1-16H,17-19H2,(H,32,36)(H,33,38)(H3,31,34,35,37,39). The molecule has 214 valence electrons. The number of guanidine groups is 1.